The molecule has 2 aromatic rings. The summed E-state index contributed by atoms with van der Waals surface area (Å²) in [6.45, 7) is 6.04. The topological polar surface area (TPSA) is 67.4 Å². The highest BCUT2D eigenvalue weighted by molar-refractivity contribution is 6.31. The maximum Gasteiger partial charge on any atom is 0.226 e. The predicted molar refractivity (Wildman–Crippen MR) is 109 cm³/mol. The van der Waals surface area contributed by atoms with Gasteiger partial charge in [0.1, 0.15) is 5.75 Å². The van der Waals surface area contributed by atoms with Gasteiger partial charge in [0.25, 0.3) is 0 Å². The van der Waals surface area contributed by atoms with Crippen molar-refractivity contribution in [2.24, 2.45) is 5.92 Å². The number of hydrogen-bond donors (Lipinski definition) is 2. The van der Waals surface area contributed by atoms with Gasteiger partial charge in [0.15, 0.2) is 0 Å². The highest BCUT2D eigenvalue weighted by Crippen LogP contribution is 2.21. The van der Waals surface area contributed by atoms with Crippen LogP contribution in [0, 0.1) is 12.8 Å². The number of carbonyl (C=O) groups excluding carboxylic acids is 2. The molecule has 0 radical (unpaired) electrons. The number of carbonyl (C=O) groups is 2. The van der Waals surface area contributed by atoms with E-state index in [1.807, 2.05) is 32.9 Å². The molecule has 0 spiro atoms. The number of anilines is 2. The van der Waals surface area contributed by atoms with Crippen molar-refractivity contribution in [1.82, 2.24) is 0 Å². The van der Waals surface area contributed by atoms with E-state index in [0.29, 0.717) is 35.8 Å². The lowest BCUT2D eigenvalue weighted by molar-refractivity contribution is -0.119. The highest BCUT2D eigenvalue weighted by Gasteiger charge is 2.07. The van der Waals surface area contributed by atoms with E-state index in [0.717, 1.165) is 11.3 Å². The molecule has 0 unspecified atom stereocenters. The van der Waals surface area contributed by atoms with Crippen LogP contribution in [-0.2, 0) is 9.59 Å². The monoisotopic (exact) mass is 388 g/mol. The van der Waals surface area contributed by atoms with Gasteiger partial charge >= 0.3 is 0 Å². The molecular formula is C21H25ClN2O3. The first-order valence-corrected chi connectivity index (χ1v) is 9.32. The van der Waals surface area contributed by atoms with Gasteiger partial charge in [0.05, 0.1) is 6.61 Å². The van der Waals surface area contributed by atoms with Crippen molar-refractivity contribution in [1.29, 1.82) is 0 Å². The molecule has 2 amide bonds. The Hall–Kier alpha value is -2.53. The van der Waals surface area contributed by atoms with Gasteiger partial charge in [0, 0.05) is 28.7 Å². The summed E-state index contributed by atoms with van der Waals surface area (Å²) < 4.78 is 5.64. The average molecular weight is 389 g/mol. The number of amides is 2. The summed E-state index contributed by atoms with van der Waals surface area (Å²) >= 11 is 5.98. The minimum absolute atomic E-state index is 0.0392. The van der Waals surface area contributed by atoms with Crippen LogP contribution >= 0.6 is 11.6 Å². The standard InChI is InChI=1S/C21H25ClN2O3/c1-14(2)21(26)24-17-8-6-16(7-9-17)23-20(25)5-4-12-27-18-10-11-19(22)15(3)13-18/h6-11,13-14H,4-5,12H2,1-3H3,(H,23,25)(H,24,26). The summed E-state index contributed by atoms with van der Waals surface area (Å²) in [6.07, 6.45) is 0.967. The molecule has 0 heterocycles. The lowest BCUT2D eigenvalue weighted by Gasteiger charge is -2.10. The van der Waals surface area contributed by atoms with Crippen LogP contribution in [0.15, 0.2) is 42.5 Å². The van der Waals surface area contributed by atoms with Gasteiger partial charge in [-0.25, -0.2) is 0 Å². The minimum Gasteiger partial charge on any atom is -0.494 e. The molecule has 0 fully saturated rings. The van der Waals surface area contributed by atoms with Crippen molar-refractivity contribution in [3.63, 3.8) is 0 Å². The summed E-state index contributed by atoms with van der Waals surface area (Å²) in [5.41, 5.74) is 2.36. The first-order valence-electron chi connectivity index (χ1n) is 8.95. The normalized spacial score (nSPS) is 10.6. The molecule has 5 nitrogen and oxygen atoms in total. The third-order valence-electron chi connectivity index (χ3n) is 3.91. The smallest absolute Gasteiger partial charge is 0.226 e. The maximum atomic E-state index is 12.0. The number of hydrogen-bond acceptors (Lipinski definition) is 3. The molecular weight excluding hydrogens is 364 g/mol. The van der Waals surface area contributed by atoms with Crippen molar-refractivity contribution < 1.29 is 14.3 Å². The lowest BCUT2D eigenvalue weighted by Crippen LogP contribution is -2.17. The van der Waals surface area contributed by atoms with E-state index in [-0.39, 0.29) is 17.7 Å². The van der Waals surface area contributed by atoms with Crippen molar-refractivity contribution >= 4 is 34.8 Å². The molecule has 0 aliphatic rings. The quantitative estimate of drug-likeness (QED) is 0.622. The third-order valence-corrected chi connectivity index (χ3v) is 4.33. The first-order chi connectivity index (χ1) is 12.8. The molecule has 0 aliphatic carbocycles. The highest BCUT2D eigenvalue weighted by atomic mass is 35.5. The van der Waals surface area contributed by atoms with Crippen LogP contribution in [0.3, 0.4) is 0 Å². The zero-order valence-corrected chi connectivity index (χ0v) is 16.6. The SMILES string of the molecule is Cc1cc(OCCCC(=O)Nc2ccc(NC(=O)C(C)C)cc2)ccc1Cl. The Morgan fingerprint density at radius 3 is 2.26 bits per heavy atom. The van der Waals surface area contributed by atoms with Crippen LogP contribution in [-0.4, -0.2) is 18.4 Å². The molecule has 0 aromatic heterocycles. The summed E-state index contributed by atoms with van der Waals surface area (Å²) in [5.74, 6) is 0.548. The van der Waals surface area contributed by atoms with Crippen LogP contribution in [0.5, 0.6) is 5.75 Å². The molecule has 2 N–H and O–H groups in total. The Labute approximate surface area is 165 Å². The fraction of sp³-hybridized carbons (Fsp3) is 0.333. The Morgan fingerprint density at radius 1 is 1.04 bits per heavy atom. The Balaban J connectivity index is 1.72. The summed E-state index contributed by atoms with van der Waals surface area (Å²) in [5, 5.41) is 6.35. The molecule has 144 valence electrons. The Morgan fingerprint density at radius 2 is 1.67 bits per heavy atom. The number of benzene rings is 2. The van der Waals surface area contributed by atoms with Crippen LogP contribution < -0.4 is 15.4 Å². The maximum absolute atomic E-state index is 12.0. The largest absolute Gasteiger partial charge is 0.494 e. The second-order valence-corrected chi connectivity index (χ2v) is 7.04. The first kappa shape index (κ1) is 20.8. The summed E-state index contributed by atoms with van der Waals surface area (Å²) in [4.78, 5) is 23.7. The van der Waals surface area contributed by atoms with Crippen molar-refractivity contribution in [3.8, 4) is 5.75 Å². The number of halogens is 1. The minimum atomic E-state index is -0.0802. The number of aryl methyl sites for hydroxylation is 1. The molecule has 0 saturated heterocycles. The van der Waals surface area contributed by atoms with E-state index in [1.165, 1.54) is 0 Å². The van der Waals surface area contributed by atoms with Crippen LogP contribution in [0.25, 0.3) is 0 Å². The van der Waals surface area contributed by atoms with E-state index in [1.54, 1.807) is 30.3 Å². The molecule has 2 rings (SSSR count). The van der Waals surface area contributed by atoms with Crippen LogP contribution in [0.4, 0.5) is 11.4 Å². The zero-order chi connectivity index (χ0) is 19.8. The lowest BCUT2D eigenvalue weighted by atomic mass is 10.2. The van der Waals surface area contributed by atoms with Gasteiger partial charge in [0.2, 0.25) is 11.8 Å². The molecule has 0 atom stereocenters. The van der Waals surface area contributed by atoms with Gasteiger partial charge in [-0.2, -0.15) is 0 Å². The second kappa shape index (κ2) is 9.97. The van der Waals surface area contributed by atoms with Crippen LogP contribution in [0.2, 0.25) is 5.02 Å². The van der Waals surface area contributed by atoms with E-state index < -0.39 is 0 Å². The van der Waals surface area contributed by atoms with Gasteiger partial charge in [-0.15, -0.1) is 0 Å². The zero-order valence-electron chi connectivity index (χ0n) is 15.8. The number of nitrogens with one attached hydrogen (secondary N) is 2. The Bertz CT molecular complexity index is 789. The van der Waals surface area contributed by atoms with Crippen LogP contribution in [0.1, 0.15) is 32.3 Å². The Kier molecular flexibility index (Phi) is 7.67. The predicted octanol–water partition coefficient (Wildman–Crippen LogP) is 5.04. The average Bonchev–Trinajstić information content (AvgIpc) is 2.63. The van der Waals surface area contributed by atoms with Crippen molar-refractivity contribution in [2.45, 2.75) is 33.6 Å². The van der Waals surface area contributed by atoms with E-state index >= 15 is 0 Å². The van der Waals surface area contributed by atoms with Gasteiger partial charge in [-0.1, -0.05) is 25.4 Å². The molecule has 0 saturated carbocycles. The molecule has 0 aliphatic heterocycles. The summed E-state index contributed by atoms with van der Waals surface area (Å²) in [7, 11) is 0. The molecule has 27 heavy (non-hydrogen) atoms. The van der Waals surface area contributed by atoms with Gasteiger partial charge in [-0.3, -0.25) is 9.59 Å². The van der Waals surface area contributed by atoms with Gasteiger partial charge in [-0.05, 0) is 61.4 Å². The molecule has 6 heteroatoms. The van der Waals surface area contributed by atoms with Crippen molar-refractivity contribution in [2.75, 3.05) is 17.2 Å². The number of ether oxygens (including phenoxy) is 1. The van der Waals surface area contributed by atoms with E-state index in [9.17, 15) is 9.59 Å². The summed E-state index contributed by atoms with van der Waals surface area (Å²) in [6, 6.07) is 12.6. The number of rotatable bonds is 8. The molecule has 0 bridgehead atoms. The fourth-order valence-electron chi connectivity index (χ4n) is 2.28. The van der Waals surface area contributed by atoms with E-state index in [4.69, 9.17) is 16.3 Å². The van der Waals surface area contributed by atoms with Gasteiger partial charge < -0.3 is 15.4 Å². The third kappa shape index (κ3) is 6.94. The second-order valence-electron chi connectivity index (χ2n) is 6.63. The fourth-order valence-corrected chi connectivity index (χ4v) is 2.39. The molecule has 2 aromatic carbocycles. The van der Waals surface area contributed by atoms with E-state index in [2.05, 4.69) is 10.6 Å². The van der Waals surface area contributed by atoms with Crippen molar-refractivity contribution in [3.05, 3.63) is 53.1 Å².